The Hall–Kier alpha value is -2.28. The van der Waals surface area contributed by atoms with Crippen LogP contribution >= 0.6 is 11.8 Å². The molecule has 0 aliphatic heterocycles. The topological polar surface area (TPSA) is 66.2 Å². The summed E-state index contributed by atoms with van der Waals surface area (Å²) in [6.45, 7) is 6.07. The van der Waals surface area contributed by atoms with Crippen molar-refractivity contribution in [3.63, 3.8) is 0 Å². The summed E-state index contributed by atoms with van der Waals surface area (Å²) < 4.78 is 12.0. The van der Waals surface area contributed by atoms with E-state index < -0.39 is 0 Å². The molecule has 0 radical (unpaired) electrons. The van der Waals surface area contributed by atoms with Gasteiger partial charge in [-0.15, -0.1) is 16.8 Å². The number of para-hydroxylation sites is 1. The first-order valence-corrected chi connectivity index (χ1v) is 7.92. The monoisotopic (exact) mass is 333 g/mol. The Morgan fingerprint density at radius 3 is 2.78 bits per heavy atom. The number of esters is 1. The molecule has 0 spiro atoms. The van der Waals surface area contributed by atoms with Gasteiger partial charge in [-0.2, -0.15) is 0 Å². The second-order valence-corrected chi connectivity index (χ2v) is 6.00. The lowest BCUT2D eigenvalue weighted by molar-refractivity contribution is -0.139. The van der Waals surface area contributed by atoms with E-state index >= 15 is 0 Å². The van der Waals surface area contributed by atoms with E-state index in [9.17, 15) is 4.79 Å². The Balaban J connectivity index is 2.42. The average Bonchev–Trinajstić information content (AvgIpc) is 2.96. The van der Waals surface area contributed by atoms with Crippen LogP contribution in [0, 0.1) is 0 Å². The van der Waals surface area contributed by atoms with Gasteiger partial charge in [-0.1, -0.05) is 30.0 Å². The maximum Gasteiger partial charge on any atom is 0.318 e. The summed E-state index contributed by atoms with van der Waals surface area (Å²) in [5.74, 6) is 1.08. The molecule has 0 saturated heterocycles. The zero-order valence-corrected chi connectivity index (χ0v) is 14.2. The number of methoxy groups -OCH3 is 2. The normalized spacial score (nSPS) is 11.8. The van der Waals surface area contributed by atoms with E-state index in [0.717, 1.165) is 5.56 Å². The molecule has 7 heteroatoms. The van der Waals surface area contributed by atoms with E-state index in [1.807, 2.05) is 28.8 Å². The smallest absolute Gasteiger partial charge is 0.318 e. The van der Waals surface area contributed by atoms with Crippen LogP contribution in [0.4, 0.5) is 0 Å². The van der Waals surface area contributed by atoms with Crippen molar-refractivity contribution in [3.05, 3.63) is 36.9 Å². The molecule has 0 aliphatic rings. The maximum absolute atomic E-state index is 11.6. The quantitative estimate of drug-likeness (QED) is 0.441. The molecule has 2 rings (SSSR count). The summed E-state index contributed by atoms with van der Waals surface area (Å²) in [7, 11) is 2.98. The Kier molecular flexibility index (Phi) is 5.81. The van der Waals surface area contributed by atoms with Crippen molar-refractivity contribution in [2.45, 2.75) is 23.9 Å². The van der Waals surface area contributed by atoms with Crippen LogP contribution in [0.25, 0.3) is 11.4 Å². The van der Waals surface area contributed by atoms with E-state index in [2.05, 4.69) is 16.8 Å². The first-order valence-electron chi connectivity index (χ1n) is 7.04. The number of carbonyl (C=O) groups excluding carboxylic acids is 1. The van der Waals surface area contributed by atoms with Crippen LogP contribution in [0.15, 0.2) is 42.1 Å². The van der Waals surface area contributed by atoms with Crippen molar-refractivity contribution in [3.8, 4) is 17.1 Å². The summed E-state index contributed by atoms with van der Waals surface area (Å²) >= 11 is 1.30. The molecule has 0 aliphatic carbocycles. The van der Waals surface area contributed by atoms with Crippen LogP contribution in [0.2, 0.25) is 0 Å². The van der Waals surface area contributed by atoms with Gasteiger partial charge < -0.3 is 9.47 Å². The largest absolute Gasteiger partial charge is 0.496 e. The number of ether oxygens (including phenoxy) is 2. The third-order valence-electron chi connectivity index (χ3n) is 3.19. The zero-order chi connectivity index (χ0) is 16.8. The number of nitrogens with zero attached hydrogens (tertiary/aromatic N) is 3. The summed E-state index contributed by atoms with van der Waals surface area (Å²) in [4.78, 5) is 11.6. The van der Waals surface area contributed by atoms with Crippen molar-refractivity contribution in [1.29, 1.82) is 0 Å². The molecule has 6 nitrogen and oxygen atoms in total. The molecule has 1 atom stereocenters. The molecular weight excluding hydrogens is 314 g/mol. The number of hydrogen-bond acceptors (Lipinski definition) is 6. The fraction of sp³-hybridized carbons (Fsp3) is 0.312. The number of thioether (sulfide) groups is 1. The molecule has 0 saturated carbocycles. The Morgan fingerprint density at radius 2 is 2.13 bits per heavy atom. The van der Waals surface area contributed by atoms with E-state index in [1.165, 1.54) is 18.9 Å². The first-order chi connectivity index (χ1) is 11.1. The van der Waals surface area contributed by atoms with E-state index in [0.29, 0.717) is 23.3 Å². The molecule has 2 aromatic rings. The second kappa shape index (κ2) is 7.82. The Labute approximate surface area is 139 Å². The van der Waals surface area contributed by atoms with Crippen LogP contribution in [0.1, 0.15) is 6.92 Å². The molecule has 0 unspecified atom stereocenters. The van der Waals surface area contributed by atoms with Crippen molar-refractivity contribution in [2.24, 2.45) is 0 Å². The van der Waals surface area contributed by atoms with Gasteiger partial charge in [-0.3, -0.25) is 9.36 Å². The highest BCUT2D eigenvalue weighted by Gasteiger charge is 2.21. The number of carbonyl (C=O) groups is 1. The van der Waals surface area contributed by atoms with Crippen molar-refractivity contribution < 1.29 is 14.3 Å². The number of allylic oxidation sites excluding steroid dienone is 1. The summed E-state index contributed by atoms with van der Waals surface area (Å²) in [5, 5.41) is 8.72. The molecule has 23 heavy (non-hydrogen) atoms. The molecule has 1 heterocycles. The lowest BCUT2D eigenvalue weighted by Crippen LogP contribution is -2.15. The predicted molar refractivity (Wildman–Crippen MR) is 89.5 cm³/mol. The van der Waals surface area contributed by atoms with Crippen LogP contribution in [0.3, 0.4) is 0 Å². The molecule has 1 aromatic heterocycles. The highest BCUT2D eigenvalue weighted by Crippen LogP contribution is 2.32. The van der Waals surface area contributed by atoms with Crippen molar-refractivity contribution in [1.82, 2.24) is 14.8 Å². The third-order valence-corrected chi connectivity index (χ3v) is 4.25. The van der Waals surface area contributed by atoms with E-state index in [-0.39, 0.29) is 11.2 Å². The van der Waals surface area contributed by atoms with Crippen LogP contribution in [-0.4, -0.2) is 40.2 Å². The van der Waals surface area contributed by atoms with Crippen molar-refractivity contribution >= 4 is 17.7 Å². The fourth-order valence-corrected chi connectivity index (χ4v) is 2.96. The lowest BCUT2D eigenvalue weighted by atomic mass is 10.2. The number of rotatable bonds is 7. The summed E-state index contributed by atoms with van der Waals surface area (Å²) in [6, 6.07) is 7.59. The SMILES string of the molecule is C=CCn1c(S[C@H](C)C(=O)OC)nnc1-c1ccccc1OC. The maximum atomic E-state index is 11.6. The molecular formula is C16H19N3O3S. The predicted octanol–water partition coefficient (Wildman–Crippen LogP) is 2.79. The van der Waals surface area contributed by atoms with Crippen LogP contribution in [-0.2, 0) is 16.1 Å². The average molecular weight is 333 g/mol. The molecule has 0 fully saturated rings. The number of aromatic nitrogens is 3. The lowest BCUT2D eigenvalue weighted by Gasteiger charge is -2.12. The summed E-state index contributed by atoms with van der Waals surface area (Å²) in [5.41, 5.74) is 0.835. The Morgan fingerprint density at radius 1 is 1.39 bits per heavy atom. The second-order valence-electron chi connectivity index (χ2n) is 4.69. The minimum Gasteiger partial charge on any atom is -0.496 e. The molecule has 0 bridgehead atoms. The van der Waals surface area contributed by atoms with Gasteiger partial charge in [0, 0.05) is 6.54 Å². The standard InChI is InChI=1S/C16H19N3O3S/c1-5-10-19-14(12-8-6-7-9-13(12)21-3)17-18-16(19)23-11(2)15(20)22-4/h5-9,11H,1,10H2,2-4H3/t11-/m1/s1. The highest BCUT2D eigenvalue weighted by molar-refractivity contribution is 8.00. The molecule has 0 amide bonds. The zero-order valence-electron chi connectivity index (χ0n) is 13.4. The fourth-order valence-electron chi connectivity index (χ4n) is 2.07. The van der Waals surface area contributed by atoms with Crippen LogP contribution in [0.5, 0.6) is 5.75 Å². The van der Waals surface area contributed by atoms with Gasteiger partial charge in [0.1, 0.15) is 11.0 Å². The van der Waals surface area contributed by atoms with E-state index in [4.69, 9.17) is 9.47 Å². The van der Waals surface area contributed by atoms with Gasteiger partial charge in [-0.05, 0) is 19.1 Å². The molecule has 122 valence electrons. The minimum absolute atomic E-state index is 0.304. The van der Waals surface area contributed by atoms with Gasteiger partial charge in [-0.25, -0.2) is 0 Å². The minimum atomic E-state index is -0.377. The first kappa shape index (κ1) is 17.1. The number of hydrogen-bond donors (Lipinski definition) is 0. The number of benzene rings is 1. The van der Waals surface area contributed by atoms with Gasteiger partial charge in [0.15, 0.2) is 11.0 Å². The third kappa shape index (κ3) is 3.73. The van der Waals surface area contributed by atoms with Crippen molar-refractivity contribution in [2.75, 3.05) is 14.2 Å². The van der Waals surface area contributed by atoms with Gasteiger partial charge in [0.05, 0.1) is 19.8 Å². The van der Waals surface area contributed by atoms with E-state index in [1.54, 1.807) is 20.1 Å². The Bertz CT molecular complexity index is 700. The molecule has 1 aromatic carbocycles. The van der Waals surface area contributed by atoms with Crippen LogP contribution < -0.4 is 4.74 Å². The van der Waals surface area contributed by atoms with Gasteiger partial charge in [0.2, 0.25) is 0 Å². The summed E-state index contributed by atoms with van der Waals surface area (Å²) in [6.07, 6.45) is 1.76. The molecule has 0 N–H and O–H groups in total. The van der Waals surface area contributed by atoms with Gasteiger partial charge in [0.25, 0.3) is 0 Å². The highest BCUT2D eigenvalue weighted by atomic mass is 32.2. The van der Waals surface area contributed by atoms with Gasteiger partial charge >= 0.3 is 5.97 Å².